The van der Waals surface area contributed by atoms with Crippen molar-refractivity contribution in [2.24, 2.45) is 5.73 Å². The van der Waals surface area contributed by atoms with Crippen molar-refractivity contribution in [3.8, 4) is 0 Å². The number of carbonyl (C=O) groups is 1. The molecule has 0 amide bonds. The van der Waals surface area contributed by atoms with Gasteiger partial charge in [0.15, 0.2) is 9.84 Å². The number of hydrogen-bond donors (Lipinski definition) is 3. The van der Waals surface area contributed by atoms with Gasteiger partial charge in [-0.05, 0) is 12.1 Å². The first kappa shape index (κ1) is 12.5. The van der Waals surface area contributed by atoms with Crippen LogP contribution in [0.25, 0.3) is 0 Å². The van der Waals surface area contributed by atoms with Crippen molar-refractivity contribution in [2.75, 3.05) is 11.5 Å². The molecule has 1 aromatic carbocycles. The van der Waals surface area contributed by atoms with Gasteiger partial charge in [-0.25, -0.2) is 8.42 Å². The Bertz CT molecular complexity index is 498. The van der Waals surface area contributed by atoms with Gasteiger partial charge >= 0.3 is 5.97 Å². The minimum atomic E-state index is -3.77. The zero-order chi connectivity index (χ0) is 12.3. The number of hydrogen-bond acceptors (Lipinski definition) is 5. The number of aliphatic carboxylic acids is 1. The van der Waals surface area contributed by atoms with Crippen LogP contribution in [0.4, 0.5) is 5.69 Å². The zero-order valence-corrected chi connectivity index (χ0v) is 9.15. The SMILES string of the molecule is Nc1ccccc1S(=O)(=O)C[C@H](N)C(=O)O. The molecule has 88 valence electrons. The fourth-order valence-electron chi connectivity index (χ4n) is 1.16. The number of carboxylic acid groups (broad SMARTS) is 1. The van der Waals surface area contributed by atoms with Gasteiger partial charge in [0, 0.05) is 0 Å². The van der Waals surface area contributed by atoms with Crippen LogP contribution >= 0.6 is 0 Å². The van der Waals surface area contributed by atoms with E-state index < -0.39 is 27.6 Å². The lowest BCUT2D eigenvalue weighted by Crippen LogP contribution is -2.37. The van der Waals surface area contributed by atoms with E-state index in [0.29, 0.717) is 0 Å². The van der Waals surface area contributed by atoms with E-state index in [0.717, 1.165) is 0 Å². The first-order chi connectivity index (χ1) is 7.34. The molecule has 1 aromatic rings. The molecule has 0 spiro atoms. The molecule has 0 aromatic heterocycles. The highest BCUT2D eigenvalue weighted by molar-refractivity contribution is 7.91. The third-order valence-electron chi connectivity index (χ3n) is 1.97. The Balaban J connectivity index is 3.04. The van der Waals surface area contributed by atoms with Gasteiger partial charge in [0.05, 0.1) is 16.3 Å². The molecule has 0 saturated carbocycles. The normalized spacial score (nSPS) is 13.3. The zero-order valence-electron chi connectivity index (χ0n) is 8.33. The van der Waals surface area contributed by atoms with Crippen LogP contribution in [0.2, 0.25) is 0 Å². The summed E-state index contributed by atoms with van der Waals surface area (Å²) in [5.74, 6) is -2.03. The summed E-state index contributed by atoms with van der Waals surface area (Å²) in [6.45, 7) is 0. The Morgan fingerprint density at radius 2 is 1.94 bits per heavy atom. The van der Waals surface area contributed by atoms with Crippen LogP contribution in [0, 0.1) is 0 Å². The van der Waals surface area contributed by atoms with Crippen molar-refractivity contribution in [3.63, 3.8) is 0 Å². The van der Waals surface area contributed by atoms with E-state index in [1.165, 1.54) is 18.2 Å². The maximum absolute atomic E-state index is 11.7. The first-order valence-electron chi connectivity index (χ1n) is 4.40. The highest BCUT2D eigenvalue weighted by Gasteiger charge is 2.24. The summed E-state index contributed by atoms with van der Waals surface area (Å²) in [6.07, 6.45) is 0. The van der Waals surface area contributed by atoms with Crippen LogP contribution in [-0.4, -0.2) is 31.3 Å². The standard InChI is InChI=1S/C9H12N2O4S/c10-6-3-1-2-4-8(6)16(14,15)5-7(11)9(12)13/h1-4,7H,5,10-11H2,(H,12,13)/t7-/m0/s1. The van der Waals surface area contributed by atoms with Crippen molar-refractivity contribution in [1.82, 2.24) is 0 Å². The van der Waals surface area contributed by atoms with Crippen molar-refractivity contribution < 1.29 is 18.3 Å². The molecule has 1 atom stereocenters. The average molecular weight is 244 g/mol. The summed E-state index contributed by atoms with van der Waals surface area (Å²) in [6, 6.07) is 4.39. The Morgan fingerprint density at radius 1 is 1.38 bits per heavy atom. The van der Waals surface area contributed by atoms with E-state index >= 15 is 0 Å². The topological polar surface area (TPSA) is 123 Å². The molecular weight excluding hydrogens is 232 g/mol. The van der Waals surface area contributed by atoms with E-state index in [4.69, 9.17) is 16.6 Å². The number of carboxylic acids is 1. The van der Waals surface area contributed by atoms with Gasteiger partial charge in [-0.2, -0.15) is 0 Å². The third-order valence-corrected chi connectivity index (χ3v) is 3.81. The third kappa shape index (κ3) is 2.71. The minimum absolute atomic E-state index is 0.0834. The number of benzene rings is 1. The van der Waals surface area contributed by atoms with Crippen molar-refractivity contribution in [3.05, 3.63) is 24.3 Å². The van der Waals surface area contributed by atoms with Gasteiger partial charge in [0.2, 0.25) is 0 Å². The van der Waals surface area contributed by atoms with E-state index in [2.05, 4.69) is 0 Å². The highest BCUT2D eigenvalue weighted by atomic mass is 32.2. The summed E-state index contributed by atoms with van der Waals surface area (Å²) in [7, 11) is -3.77. The number of sulfone groups is 1. The molecule has 6 nitrogen and oxygen atoms in total. The molecule has 0 unspecified atom stereocenters. The number of para-hydroxylation sites is 1. The molecule has 0 radical (unpaired) electrons. The summed E-state index contributed by atoms with van der Waals surface area (Å²) in [5.41, 5.74) is 10.7. The molecule has 16 heavy (non-hydrogen) atoms. The summed E-state index contributed by atoms with van der Waals surface area (Å²) in [4.78, 5) is 10.4. The first-order valence-corrected chi connectivity index (χ1v) is 6.05. The molecule has 0 saturated heterocycles. The summed E-state index contributed by atoms with van der Waals surface area (Å²) >= 11 is 0. The van der Waals surface area contributed by atoms with Crippen LogP contribution in [0.5, 0.6) is 0 Å². The van der Waals surface area contributed by atoms with Crippen LogP contribution in [-0.2, 0) is 14.6 Å². The van der Waals surface area contributed by atoms with Crippen molar-refractivity contribution >= 4 is 21.5 Å². The fraction of sp³-hybridized carbons (Fsp3) is 0.222. The van der Waals surface area contributed by atoms with Crippen LogP contribution in [0.1, 0.15) is 0 Å². The predicted molar refractivity (Wildman–Crippen MR) is 58.5 cm³/mol. The highest BCUT2D eigenvalue weighted by Crippen LogP contribution is 2.19. The molecular formula is C9H12N2O4S. The molecule has 1 rings (SSSR count). The predicted octanol–water partition coefficient (Wildman–Crippen LogP) is -0.546. The maximum Gasteiger partial charge on any atom is 0.321 e. The number of nitrogen functional groups attached to an aromatic ring is 1. The van der Waals surface area contributed by atoms with Gasteiger partial charge in [-0.3, -0.25) is 4.79 Å². The second-order valence-electron chi connectivity index (χ2n) is 3.26. The smallest absolute Gasteiger partial charge is 0.321 e. The Morgan fingerprint density at radius 3 is 2.44 bits per heavy atom. The Hall–Kier alpha value is -1.60. The monoisotopic (exact) mass is 244 g/mol. The van der Waals surface area contributed by atoms with Gasteiger partial charge in [-0.15, -0.1) is 0 Å². The van der Waals surface area contributed by atoms with Crippen LogP contribution in [0.3, 0.4) is 0 Å². The van der Waals surface area contributed by atoms with Crippen molar-refractivity contribution in [1.29, 1.82) is 0 Å². The molecule has 0 aliphatic heterocycles. The number of nitrogens with two attached hydrogens (primary N) is 2. The van der Waals surface area contributed by atoms with Gasteiger partial charge < -0.3 is 16.6 Å². The van der Waals surface area contributed by atoms with E-state index in [-0.39, 0.29) is 10.6 Å². The van der Waals surface area contributed by atoms with Crippen molar-refractivity contribution in [2.45, 2.75) is 10.9 Å². The maximum atomic E-state index is 11.7. The van der Waals surface area contributed by atoms with E-state index in [1.807, 2.05) is 0 Å². The molecule has 0 aliphatic carbocycles. The summed E-state index contributed by atoms with van der Waals surface area (Å²) in [5, 5.41) is 8.54. The van der Waals surface area contributed by atoms with Crippen LogP contribution < -0.4 is 11.5 Å². The largest absolute Gasteiger partial charge is 0.480 e. The molecule has 7 heteroatoms. The molecule has 0 fully saturated rings. The lowest BCUT2D eigenvalue weighted by Gasteiger charge is -2.09. The van der Waals surface area contributed by atoms with E-state index in [9.17, 15) is 13.2 Å². The molecule has 0 aliphatic rings. The number of rotatable bonds is 4. The van der Waals surface area contributed by atoms with E-state index in [1.54, 1.807) is 6.07 Å². The van der Waals surface area contributed by atoms with Gasteiger partial charge in [0.25, 0.3) is 0 Å². The second kappa shape index (κ2) is 4.50. The molecule has 5 N–H and O–H groups in total. The number of anilines is 1. The quantitative estimate of drug-likeness (QED) is 0.611. The van der Waals surface area contributed by atoms with Gasteiger partial charge in [0.1, 0.15) is 6.04 Å². The lowest BCUT2D eigenvalue weighted by atomic mass is 10.3. The Kier molecular flexibility index (Phi) is 3.51. The van der Waals surface area contributed by atoms with Gasteiger partial charge in [-0.1, -0.05) is 12.1 Å². The Labute approximate surface area is 92.8 Å². The molecule has 0 bridgehead atoms. The van der Waals surface area contributed by atoms with Crippen LogP contribution in [0.15, 0.2) is 29.2 Å². The second-order valence-corrected chi connectivity index (χ2v) is 5.27. The molecule has 0 heterocycles. The lowest BCUT2D eigenvalue weighted by molar-refractivity contribution is -0.137. The summed E-state index contributed by atoms with van der Waals surface area (Å²) < 4.78 is 23.5. The minimum Gasteiger partial charge on any atom is -0.480 e. The average Bonchev–Trinajstić information content (AvgIpc) is 2.17. The fourth-order valence-corrected chi connectivity index (χ4v) is 2.67.